The molecule has 0 aliphatic heterocycles. The van der Waals surface area contributed by atoms with E-state index in [1.54, 1.807) is 12.1 Å². The topological polar surface area (TPSA) is 78.7 Å². The van der Waals surface area contributed by atoms with E-state index in [2.05, 4.69) is 10.1 Å². The molecule has 0 radical (unpaired) electrons. The fourth-order valence-electron chi connectivity index (χ4n) is 2.42. The molecule has 3 aromatic rings. The van der Waals surface area contributed by atoms with Gasteiger partial charge < -0.3 is 5.73 Å². The molecule has 3 rings (SSSR count). The van der Waals surface area contributed by atoms with Crippen LogP contribution < -0.4 is 11.4 Å². The van der Waals surface area contributed by atoms with Crippen molar-refractivity contribution in [1.29, 1.82) is 0 Å². The zero-order chi connectivity index (χ0) is 20.3. The lowest BCUT2D eigenvalue weighted by atomic mass is 10.2. The van der Waals surface area contributed by atoms with Gasteiger partial charge in [-0.25, -0.2) is 13.9 Å². The van der Waals surface area contributed by atoms with Crippen molar-refractivity contribution in [3.63, 3.8) is 0 Å². The highest BCUT2D eigenvalue weighted by atomic mass is 32.1. The van der Waals surface area contributed by atoms with Gasteiger partial charge in [0.25, 0.3) is 0 Å². The molecule has 0 saturated carbocycles. The second-order valence-electron chi connectivity index (χ2n) is 5.87. The number of hydrogen-bond donors (Lipinski definition) is 1. The quantitative estimate of drug-likeness (QED) is 0.630. The molecule has 0 bridgehead atoms. The van der Waals surface area contributed by atoms with Crippen LogP contribution in [0.25, 0.3) is 10.4 Å². The van der Waals surface area contributed by atoms with Crippen molar-refractivity contribution in [2.24, 2.45) is 5.73 Å². The summed E-state index contributed by atoms with van der Waals surface area (Å²) >= 11 is 1.33. The molecule has 0 unspecified atom stereocenters. The van der Waals surface area contributed by atoms with E-state index in [0.29, 0.717) is 11.9 Å². The van der Waals surface area contributed by atoms with Gasteiger partial charge in [-0.05, 0) is 29.8 Å². The zero-order valence-electron chi connectivity index (χ0n) is 14.4. The van der Waals surface area contributed by atoms with Gasteiger partial charge in [0.05, 0.1) is 19.4 Å². The third-order valence-corrected chi connectivity index (χ3v) is 5.01. The maximum atomic E-state index is 12.6. The van der Waals surface area contributed by atoms with Gasteiger partial charge in [-0.15, -0.1) is 11.3 Å². The fourth-order valence-corrected chi connectivity index (χ4v) is 3.41. The van der Waals surface area contributed by atoms with Crippen LogP contribution in [0.5, 0.6) is 0 Å². The molecule has 0 aliphatic carbocycles. The molecule has 0 saturated heterocycles. The number of rotatable bonds is 6. The fraction of sp³-hybridized carbons (Fsp3) is 0.235. The van der Waals surface area contributed by atoms with E-state index in [1.165, 1.54) is 34.5 Å². The first kappa shape index (κ1) is 20.0. The summed E-state index contributed by atoms with van der Waals surface area (Å²) in [5.41, 5.74) is 4.79. The van der Waals surface area contributed by atoms with Gasteiger partial charge in [0.1, 0.15) is 12.0 Å². The molecule has 0 fully saturated rings. The highest BCUT2D eigenvalue weighted by molar-refractivity contribution is 7.15. The normalized spacial score (nSPS) is 12.5. The molecule has 11 heteroatoms. The minimum Gasteiger partial charge on any atom is -0.327 e. The third-order valence-electron chi connectivity index (χ3n) is 3.89. The van der Waals surface area contributed by atoms with Gasteiger partial charge in [-0.1, -0.05) is 0 Å². The second kappa shape index (κ2) is 8.07. The van der Waals surface area contributed by atoms with E-state index in [1.807, 2.05) is 0 Å². The number of pyridine rings is 1. The summed E-state index contributed by atoms with van der Waals surface area (Å²) in [5.74, 6) is 0. The van der Waals surface area contributed by atoms with Crippen LogP contribution in [0.15, 0.2) is 53.5 Å². The molecular weight excluding hydrogens is 398 g/mol. The number of nitrogens with two attached hydrogens (primary N) is 1. The minimum absolute atomic E-state index is 0.0226. The molecular formula is C17H15F4N5OS. The van der Waals surface area contributed by atoms with Gasteiger partial charge in [-0.3, -0.25) is 9.55 Å². The predicted octanol–water partition coefficient (Wildman–Crippen LogP) is 3.05. The largest absolute Gasteiger partial charge is 0.433 e. The second-order valence-corrected chi connectivity index (χ2v) is 7.03. The summed E-state index contributed by atoms with van der Waals surface area (Å²) in [6.07, 6.45) is -1.62. The Labute approximate surface area is 160 Å². The average Bonchev–Trinajstić information content (AvgIpc) is 3.27. The Kier molecular flexibility index (Phi) is 5.75. The van der Waals surface area contributed by atoms with Crippen LogP contribution in [-0.4, -0.2) is 25.9 Å². The van der Waals surface area contributed by atoms with Crippen molar-refractivity contribution in [3.05, 3.63) is 69.7 Å². The smallest absolute Gasteiger partial charge is 0.327 e. The molecule has 0 spiro atoms. The Morgan fingerprint density at radius 3 is 2.64 bits per heavy atom. The van der Waals surface area contributed by atoms with Gasteiger partial charge in [-0.2, -0.15) is 18.3 Å². The van der Waals surface area contributed by atoms with Gasteiger partial charge in [0.2, 0.25) is 0 Å². The number of aromatic nitrogens is 4. The van der Waals surface area contributed by atoms with E-state index in [9.17, 15) is 22.4 Å². The highest BCUT2D eigenvalue weighted by Gasteiger charge is 2.32. The van der Waals surface area contributed by atoms with Crippen molar-refractivity contribution in [1.82, 2.24) is 19.3 Å². The summed E-state index contributed by atoms with van der Waals surface area (Å²) in [6.45, 7) is 0.172. The Hall–Kier alpha value is -2.79. The Morgan fingerprint density at radius 2 is 2.04 bits per heavy atom. The van der Waals surface area contributed by atoms with Crippen LogP contribution in [-0.2, 0) is 19.3 Å². The maximum Gasteiger partial charge on any atom is 0.433 e. The Balaban J connectivity index is 1.75. The molecule has 3 heterocycles. The molecule has 0 aliphatic rings. The van der Waals surface area contributed by atoms with Crippen LogP contribution in [0, 0.1) is 0 Å². The van der Waals surface area contributed by atoms with E-state index in [4.69, 9.17) is 5.73 Å². The summed E-state index contributed by atoms with van der Waals surface area (Å²) in [6, 6.07) is 5.80. The van der Waals surface area contributed by atoms with E-state index in [-0.39, 0.29) is 25.2 Å². The number of halogens is 4. The van der Waals surface area contributed by atoms with Crippen LogP contribution in [0.3, 0.4) is 0 Å². The molecule has 148 valence electrons. The Morgan fingerprint density at radius 1 is 1.25 bits per heavy atom. The predicted molar refractivity (Wildman–Crippen MR) is 96.4 cm³/mol. The molecule has 0 aromatic carbocycles. The molecule has 28 heavy (non-hydrogen) atoms. The van der Waals surface area contributed by atoms with Crippen molar-refractivity contribution < 1.29 is 17.6 Å². The number of thiophene rings is 1. The van der Waals surface area contributed by atoms with E-state index >= 15 is 0 Å². The highest BCUT2D eigenvalue weighted by Crippen LogP contribution is 2.31. The van der Waals surface area contributed by atoms with Gasteiger partial charge >= 0.3 is 11.9 Å². The molecule has 2 N–H and O–H groups in total. The van der Waals surface area contributed by atoms with Crippen molar-refractivity contribution in [2.45, 2.75) is 19.3 Å². The lowest BCUT2D eigenvalue weighted by molar-refractivity contribution is -0.141. The monoisotopic (exact) mass is 413 g/mol. The summed E-state index contributed by atoms with van der Waals surface area (Å²) in [7, 11) is 0. The van der Waals surface area contributed by atoms with Gasteiger partial charge in [0, 0.05) is 28.1 Å². The Bertz CT molecular complexity index is 1030. The average molecular weight is 413 g/mol. The lowest BCUT2D eigenvalue weighted by Gasteiger charge is -2.05. The first-order chi connectivity index (χ1) is 13.3. The van der Waals surface area contributed by atoms with E-state index in [0.717, 1.165) is 20.5 Å². The number of alkyl halides is 3. The third kappa shape index (κ3) is 4.37. The first-order valence-electron chi connectivity index (χ1n) is 8.04. The van der Waals surface area contributed by atoms with Gasteiger partial charge in [0.15, 0.2) is 0 Å². The van der Waals surface area contributed by atoms with Crippen molar-refractivity contribution in [3.8, 4) is 10.4 Å². The van der Waals surface area contributed by atoms with Crippen molar-refractivity contribution in [2.75, 3.05) is 6.54 Å². The number of hydrogen-bond acceptors (Lipinski definition) is 5. The van der Waals surface area contributed by atoms with Crippen LogP contribution in [0.1, 0.15) is 10.6 Å². The standard InChI is InChI=1S/C17H15F4N5OS/c18-5-11(6-22)8-26-16(27)25(10-24-26)9-13-2-3-14(28-13)12-1-4-15(23-7-12)17(19,20)21/h1-5,7,10H,6,8-9,22H2/b11-5+. The van der Waals surface area contributed by atoms with E-state index < -0.39 is 17.6 Å². The molecule has 0 atom stereocenters. The van der Waals surface area contributed by atoms with Crippen LogP contribution in [0.4, 0.5) is 17.6 Å². The SMILES string of the molecule is NC/C(=C\F)Cn1ncn(Cc2ccc(-c3ccc(C(F)(F)F)nc3)s2)c1=O. The van der Waals surface area contributed by atoms with Crippen LogP contribution in [0.2, 0.25) is 0 Å². The molecule has 6 nitrogen and oxygen atoms in total. The minimum atomic E-state index is -4.48. The summed E-state index contributed by atoms with van der Waals surface area (Å²) in [5, 5.41) is 3.94. The summed E-state index contributed by atoms with van der Waals surface area (Å²) < 4.78 is 52.9. The van der Waals surface area contributed by atoms with Crippen molar-refractivity contribution >= 4 is 11.3 Å². The molecule has 0 amide bonds. The lowest BCUT2D eigenvalue weighted by Crippen LogP contribution is -2.26. The zero-order valence-corrected chi connectivity index (χ0v) is 15.2. The molecule has 3 aromatic heterocycles. The van der Waals surface area contributed by atoms with Crippen LogP contribution >= 0.6 is 11.3 Å². The first-order valence-corrected chi connectivity index (χ1v) is 8.86. The number of nitrogens with zero attached hydrogens (tertiary/aromatic N) is 4. The maximum absolute atomic E-state index is 12.6. The summed E-state index contributed by atoms with van der Waals surface area (Å²) in [4.78, 5) is 17.3.